The minimum absolute atomic E-state index is 0.0521. The monoisotopic (exact) mass is 427 g/mol. The van der Waals surface area contributed by atoms with Gasteiger partial charge in [-0.1, -0.05) is 55.1 Å². The molecule has 0 spiro atoms. The molecule has 2 heterocycles. The largest absolute Gasteiger partial charge is 0.355 e. The predicted octanol–water partition coefficient (Wildman–Crippen LogP) is 4.63. The molecule has 0 aliphatic rings. The Bertz CT molecular complexity index is 1090. The summed E-state index contributed by atoms with van der Waals surface area (Å²) in [5.41, 5.74) is 1.93. The first-order chi connectivity index (χ1) is 14.0. The number of nitrogens with one attached hydrogen (secondary N) is 1. The summed E-state index contributed by atoms with van der Waals surface area (Å²) in [6.45, 7) is 10.6. The first-order valence-corrected chi connectivity index (χ1v) is 11.3. The van der Waals surface area contributed by atoms with Gasteiger partial charge in [0.1, 0.15) is 4.83 Å². The van der Waals surface area contributed by atoms with Gasteiger partial charge in [-0.25, -0.2) is 4.98 Å². The Balaban J connectivity index is 2.08. The van der Waals surface area contributed by atoms with Gasteiger partial charge in [-0.2, -0.15) is 0 Å². The molecule has 1 aromatic carbocycles. The summed E-state index contributed by atoms with van der Waals surface area (Å²) in [6, 6.07) is 10.0. The minimum Gasteiger partial charge on any atom is -0.355 e. The predicted molar refractivity (Wildman–Crippen MR) is 123 cm³/mol. The summed E-state index contributed by atoms with van der Waals surface area (Å²) in [7, 11) is 0. The van der Waals surface area contributed by atoms with Gasteiger partial charge in [-0.15, -0.1) is 17.9 Å². The van der Waals surface area contributed by atoms with Crippen LogP contribution >= 0.6 is 23.1 Å². The fourth-order valence-electron chi connectivity index (χ4n) is 3.05. The molecule has 0 aliphatic carbocycles. The standard InChI is InChI=1S/C22H25N3O2S2/c1-5-12-23-19(26)15(4)28-22-24-20-17(21(27)25(22)13-6-2)14(3)18(29-20)16-10-8-7-9-11-16/h6-11,15H,2,5,12-13H2,1,3-4H3,(H,23,26). The molecular formula is C22H25N3O2S2. The molecule has 1 unspecified atom stereocenters. The van der Waals surface area contributed by atoms with E-state index in [1.165, 1.54) is 23.1 Å². The average Bonchev–Trinajstić information content (AvgIpc) is 3.06. The van der Waals surface area contributed by atoms with Crippen LogP contribution in [-0.4, -0.2) is 27.3 Å². The lowest BCUT2D eigenvalue weighted by molar-refractivity contribution is -0.120. The van der Waals surface area contributed by atoms with E-state index in [1.54, 1.807) is 10.6 Å². The molecule has 29 heavy (non-hydrogen) atoms. The number of carbonyl (C=O) groups excluding carboxylic acids is 1. The average molecular weight is 428 g/mol. The Hall–Kier alpha value is -2.38. The number of thioether (sulfide) groups is 1. The van der Waals surface area contributed by atoms with E-state index in [4.69, 9.17) is 4.98 Å². The maximum absolute atomic E-state index is 13.3. The van der Waals surface area contributed by atoms with Gasteiger partial charge in [0, 0.05) is 18.0 Å². The van der Waals surface area contributed by atoms with Crippen LogP contribution in [0.25, 0.3) is 20.7 Å². The van der Waals surface area contributed by atoms with Crippen molar-refractivity contribution in [3.63, 3.8) is 0 Å². The zero-order valence-corrected chi connectivity index (χ0v) is 18.5. The van der Waals surface area contributed by atoms with Crippen molar-refractivity contribution < 1.29 is 4.79 Å². The van der Waals surface area contributed by atoms with Gasteiger partial charge in [0.25, 0.3) is 5.56 Å². The highest BCUT2D eigenvalue weighted by atomic mass is 32.2. The number of aryl methyl sites for hydroxylation is 1. The van der Waals surface area contributed by atoms with Crippen molar-refractivity contribution in [3.8, 4) is 10.4 Å². The van der Waals surface area contributed by atoms with Gasteiger partial charge in [0.05, 0.1) is 10.6 Å². The van der Waals surface area contributed by atoms with E-state index in [1.807, 2.05) is 51.1 Å². The molecule has 1 N–H and O–H groups in total. The number of amides is 1. The van der Waals surface area contributed by atoms with Crippen LogP contribution in [0.5, 0.6) is 0 Å². The van der Waals surface area contributed by atoms with Crippen molar-refractivity contribution in [1.82, 2.24) is 14.9 Å². The fourth-order valence-corrected chi connectivity index (χ4v) is 5.22. The molecule has 1 atom stereocenters. The Morgan fingerprint density at radius 1 is 1.38 bits per heavy atom. The van der Waals surface area contributed by atoms with Crippen LogP contribution in [0, 0.1) is 6.92 Å². The van der Waals surface area contributed by atoms with E-state index in [2.05, 4.69) is 11.9 Å². The lowest BCUT2D eigenvalue weighted by Crippen LogP contribution is -2.32. The second-order valence-electron chi connectivity index (χ2n) is 6.75. The zero-order chi connectivity index (χ0) is 21.0. The summed E-state index contributed by atoms with van der Waals surface area (Å²) >= 11 is 2.82. The second-order valence-corrected chi connectivity index (χ2v) is 9.06. The molecule has 0 saturated carbocycles. The number of rotatable bonds is 8. The Labute approximate surface area is 178 Å². The summed E-state index contributed by atoms with van der Waals surface area (Å²) in [5, 5.41) is 3.73. The first-order valence-electron chi connectivity index (χ1n) is 9.62. The third-order valence-electron chi connectivity index (χ3n) is 4.56. The van der Waals surface area contributed by atoms with E-state index < -0.39 is 0 Å². The number of fused-ring (bicyclic) bond motifs is 1. The van der Waals surface area contributed by atoms with Gasteiger partial charge in [-0.3, -0.25) is 14.2 Å². The smallest absolute Gasteiger partial charge is 0.263 e. The zero-order valence-electron chi connectivity index (χ0n) is 16.9. The second kappa shape index (κ2) is 9.41. The van der Waals surface area contributed by atoms with Crippen molar-refractivity contribution >= 4 is 39.2 Å². The third-order valence-corrected chi connectivity index (χ3v) is 6.89. The number of hydrogen-bond donors (Lipinski definition) is 1. The van der Waals surface area contributed by atoms with Crippen LogP contribution in [0.15, 0.2) is 52.9 Å². The normalized spacial score (nSPS) is 12.1. The molecule has 0 aliphatic heterocycles. The van der Waals surface area contributed by atoms with Gasteiger partial charge in [0.15, 0.2) is 5.16 Å². The maximum atomic E-state index is 13.3. The number of allylic oxidation sites excluding steroid dienone is 1. The van der Waals surface area contributed by atoms with Gasteiger partial charge >= 0.3 is 0 Å². The number of thiophene rings is 1. The molecule has 5 nitrogen and oxygen atoms in total. The van der Waals surface area contributed by atoms with E-state index in [0.29, 0.717) is 28.5 Å². The molecule has 2 aromatic heterocycles. The summed E-state index contributed by atoms with van der Waals surface area (Å²) in [6.07, 6.45) is 2.56. The molecule has 3 aromatic rings. The van der Waals surface area contributed by atoms with Crippen LogP contribution < -0.4 is 10.9 Å². The van der Waals surface area contributed by atoms with Crippen molar-refractivity contribution in [2.24, 2.45) is 0 Å². The highest BCUT2D eigenvalue weighted by Gasteiger charge is 2.22. The number of benzene rings is 1. The maximum Gasteiger partial charge on any atom is 0.263 e. The molecule has 0 bridgehead atoms. The van der Waals surface area contributed by atoms with E-state index in [-0.39, 0.29) is 16.7 Å². The number of nitrogens with zero attached hydrogens (tertiary/aromatic N) is 2. The highest BCUT2D eigenvalue weighted by Crippen LogP contribution is 2.36. The number of hydrogen-bond acceptors (Lipinski definition) is 5. The Kier molecular flexibility index (Phi) is 6.92. The van der Waals surface area contributed by atoms with Crippen LogP contribution in [-0.2, 0) is 11.3 Å². The summed E-state index contributed by atoms with van der Waals surface area (Å²) in [5.74, 6) is -0.0521. The van der Waals surface area contributed by atoms with Crippen LogP contribution in [0.3, 0.4) is 0 Å². The number of carbonyl (C=O) groups is 1. The summed E-state index contributed by atoms with van der Waals surface area (Å²) < 4.78 is 1.61. The highest BCUT2D eigenvalue weighted by molar-refractivity contribution is 8.00. The third kappa shape index (κ3) is 4.46. The molecule has 0 fully saturated rings. The van der Waals surface area contributed by atoms with Crippen LogP contribution in [0.4, 0.5) is 0 Å². The molecular weight excluding hydrogens is 402 g/mol. The Morgan fingerprint density at radius 2 is 2.10 bits per heavy atom. The first kappa shape index (κ1) is 21.3. The van der Waals surface area contributed by atoms with Crippen molar-refractivity contribution in [3.05, 3.63) is 58.9 Å². The van der Waals surface area contributed by atoms with E-state index in [9.17, 15) is 9.59 Å². The lowest BCUT2D eigenvalue weighted by atomic mass is 10.1. The molecule has 1 amide bonds. The lowest BCUT2D eigenvalue weighted by Gasteiger charge is -2.14. The van der Waals surface area contributed by atoms with Gasteiger partial charge in [0.2, 0.25) is 5.91 Å². The van der Waals surface area contributed by atoms with Crippen molar-refractivity contribution in [2.75, 3.05) is 6.54 Å². The van der Waals surface area contributed by atoms with Crippen molar-refractivity contribution in [2.45, 2.75) is 44.1 Å². The quantitative estimate of drug-likeness (QED) is 0.323. The van der Waals surface area contributed by atoms with Crippen LogP contribution in [0.2, 0.25) is 0 Å². The SMILES string of the molecule is C=CCn1c(SC(C)C(=O)NCCC)nc2sc(-c3ccccc3)c(C)c2c1=O. The van der Waals surface area contributed by atoms with Gasteiger partial charge < -0.3 is 5.32 Å². The summed E-state index contributed by atoms with van der Waals surface area (Å²) in [4.78, 5) is 32.1. The van der Waals surface area contributed by atoms with Gasteiger partial charge in [-0.05, 0) is 31.4 Å². The molecule has 0 radical (unpaired) electrons. The molecule has 152 valence electrons. The van der Waals surface area contributed by atoms with E-state index in [0.717, 1.165) is 22.4 Å². The van der Waals surface area contributed by atoms with E-state index >= 15 is 0 Å². The minimum atomic E-state index is -0.350. The van der Waals surface area contributed by atoms with Crippen LogP contribution in [0.1, 0.15) is 25.8 Å². The molecule has 7 heteroatoms. The fraction of sp³-hybridized carbons (Fsp3) is 0.318. The molecule has 0 saturated heterocycles. The topological polar surface area (TPSA) is 64.0 Å². The van der Waals surface area contributed by atoms with Crippen molar-refractivity contribution in [1.29, 1.82) is 0 Å². The molecule has 3 rings (SSSR count). The number of aromatic nitrogens is 2. The Morgan fingerprint density at radius 3 is 2.76 bits per heavy atom.